The number of fused-ring (bicyclic) bond motifs is 2. The molecule has 11 nitrogen and oxygen atoms in total. The molecule has 1 aromatic carbocycles. The lowest BCUT2D eigenvalue weighted by Gasteiger charge is -2.19. The summed E-state index contributed by atoms with van der Waals surface area (Å²) >= 11 is 0. The van der Waals surface area contributed by atoms with Gasteiger partial charge in [-0.3, -0.25) is 18.7 Å². The molecule has 0 spiro atoms. The topological polar surface area (TPSA) is 131 Å². The molecule has 1 aliphatic carbocycles. The molecule has 5 rings (SSSR count). The second-order valence-corrected chi connectivity index (χ2v) is 8.43. The third-order valence-electron chi connectivity index (χ3n) is 5.93. The smallest absolute Gasteiger partial charge is 0.339 e. The number of aromatic nitrogens is 3. The third kappa shape index (κ3) is 4.25. The first-order valence-corrected chi connectivity index (χ1v) is 11.4. The van der Waals surface area contributed by atoms with E-state index in [-0.39, 0.29) is 29.1 Å². The van der Waals surface area contributed by atoms with Gasteiger partial charge < -0.3 is 19.5 Å². The van der Waals surface area contributed by atoms with Gasteiger partial charge in [-0.25, -0.2) is 14.6 Å². The molecular formula is C24H24N4O7. The van der Waals surface area contributed by atoms with E-state index in [0.29, 0.717) is 36.1 Å². The highest BCUT2D eigenvalue weighted by atomic mass is 16.6. The number of aryl methyl sites for hydroxylation is 1. The van der Waals surface area contributed by atoms with Crippen LogP contribution in [0.25, 0.3) is 11.0 Å². The first kappa shape index (κ1) is 22.6. The van der Waals surface area contributed by atoms with E-state index in [1.54, 1.807) is 31.2 Å². The van der Waals surface area contributed by atoms with Gasteiger partial charge in [-0.15, -0.1) is 0 Å². The van der Waals surface area contributed by atoms with Gasteiger partial charge in [0.1, 0.15) is 25.4 Å². The maximum Gasteiger partial charge on any atom is 0.339 e. The van der Waals surface area contributed by atoms with Crippen LogP contribution in [0, 0.1) is 0 Å². The molecule has 0 atom stereocenters. The monoisotopic (exact) mass is 480 g/mol. The molecule has 35 heavy (non-hydrogen) atoms. The fraction of sp³-hybridized carbons (Fsp3) is 0.375. The van der Waals surface area contributed by atoms with Gasteiger partial charge in [0, 0.05) is 30.4 Å². The van der Waals surface area contributed by atoms with E-state index in [2.05, 4.69) is 10.3 Å². The lowest BCUT2D eigenvalue weighted by molar-refractivity contribution is -0.116. The Kier molecular flexibility index (Phi) is 5.75. The van der Waals surface area contributed by atoms with E-state index >= 15 is 0 Å². The zero-order valence-electron chi connectivity index (χ0n) is 19.3. The van der Waals surface area contributed by atoms with Crippen LogP contribution in [-0.2, 0) is 23.1 Å². The molecule has 1 fully saturated rings. The van der Waals surface area contributed by atoms with Crippen molar-refractivity contribution in [2.75, 3.05) is 25.1 Å². The number of benzene rings is 1. The van der Waals surface area contributed by atoms with Crippen molar-refractivity contribution in [2.45, 2.75) is 32.2 Å². The van der Waals surface area contributed by atoms with E-state index in [9.17, 15) is 19.2 Å². The van der Waals surface area contributed by atoms with Crippen molar-refractivity contribution < 1.29 is 23.8 Å². The highest BCUT2D eigenvalue weighted by molar-refractivity contribution is 6.02. The molecule has 0 unspecified atom stereocenters. The third-order valence-corrected chi connectivity index (χ3v) is 5.93. The quantitative estimate of drug-likeness (QED) is 0.526. The molecule has 3 heterocycles. The summed E-state index contributed by atoms with van der Waals surface area (Å²) in [6.45, 7) is 2.07. The number of ether oxygens (including phenoxy) is 3. The van der Waals surface area contributed by atoms with E-state index in [4.69, 9.17) is 14.2 Å². The number of carbonyl (C=O) groups excluding carboxylic acids is 2. The molecule has 11 heteroatoms. The zero-order valence-corrected chi connectivity index (χ0v) is 19.3. The van der Waals surface area contributed by atoms with Crippen LogP contribution in [0.3, 0.4) is 0 Å². The van der Waals surface area contributed by atoms with Crippen molar-refractivity contribution in [1.29, 1.82) is 0 Å². The van der Waals surface area contributed by atoms with Gasteiger partial charge in [-0.05, 0) is 38.0 Å². The lowest BCUT2D eigenvalue weighted by atomic mass is 10.1. The number of carbonyl (C=O) groups is 2. The lowest BCUT2D eigenvalue weighted by Crippen LogP contribution is -2.42. The number of amides is 1. The van der Waals surface area contributed by atoms with Crippen molar-refractivity contribution in [3.8, 4) is 11.5 Å². The normalized spacial score (nSPS) is 14.6. The molecule has 1 amide bonds. The van der Waals surface area contributed by atoms with E-state index < -0.39 is 29.7 Å². The maximum absolute atomic E-state index is 13.4. The number of nitrogens with zero attached hydrogens (tertiary/aromatic N) is 3. The fourth-order valence-electron chi connectivity index (χ4n) is 4.06. The minimum absolute atomic E-state index is 0.0420. The highest BCUT2D eigenvalue weighted by Crippen LogP contribution is 2.40. The minimum Gasteiger partial charge on any atom is -0.486 e. The van der Waals surface area contributed by atoms with E-state index in [1.807, 2.05) is 0 Å². The van der Waals surface area contributed by atoms with Gasteiger partial charge in [0.15, 0.2) is 11.5 Å². The SMILES string of the molecule is CCOC(=O)c1cc(C2CC2)nc2c1c(=O)n(CC(=O)Nc1ccc3c(c1)OCCO3)c(=O)n2C. The predicted molar refractivity (Wildman–Crippen MR) is 125 cm³/mol. The number of rotatable bonds is 6. The molecule has 1 saturated carbocycles. The van der Waals surface area contributed by atoms with Crippen LogP contribution in [0.5, 0.6) is 11.5 Å². The van der Waals surface area contributed by atoms with Crippen LogP contribution in [0.2, 0.25) is 0 Å². The van der Waals surface area contributed by atoms with Gasteiger partial charge in [-0.1, -0.05) is 0 Å². The van der Waals surface area contributed by atoms with E-state index in [1.165, 1.54) is 11.6 Å². The van der Waals surface area contributed by atoms with Crippen LogP contribution in [0.1, 0.15) is 41.7 Å². The zero-order chi connectivity index (χ0) is 24.7. The summed E-state index contributed by atoms with van der Waals surface area (Å²) in [5.74, 6) is -0.0323. The minimum atomic E-state index is -0.779. The van der Waals surface area contributed by atoms with Crippen LogP contribution < -0.4 is 26.0 Å². The number of hydrogen-bond donors (Lipinski definition) is 1. The van der Waals surface area contributed by atoms with Crippen molar-refractivity contribution in [3.05, 3.63) is 56.4 Å². The Morgan fingerprint density at radius 3 is 2.60 bits per heavy atom. The first-order valence-electron chi connectivity index (χ1n) is 11.4. The molecule has 0 radical (unpaired) electrons. The number of nitrogens with one attached hydrogen (secondary N) is 1. The van der Waals surface area contributed by atoms with Crippen LogP contribution in [-0.4, -0.2) is 45.8 Å². The average molecular weight is 480 g/mol. The Hall–Kier alpha value is -4.15. The van der Waals surface area contributed by atoms with Crippen molar-refractivity contribution in [3.63, 3.8) is 0 Å². The van der Waals surface area contributed by atoms with Gasteiger partial charge in [0.05, 0.1) is 17.6 Å². The van der Waals surface area contributed by atoms with Crippen LogP contribution in [0.15, 0.2) is 33.9 Å². The summed E-state index contributed by atoms with van der Waals surface area (Å²) < 4.78 is 18.1. The average Bonchev–Trinajstić information content (AvgIpc) is 3.70. The fourth-order valence-corrected chi connectivity index (χ4v) is 4.06. The Morgan fingerprint density at radius 1 is 1.14 bits per heavy atom. The van der Waals surface area contributed by atoms with E-state index in [0.717, 1.165) is 17.4 Å². The second kappa shape index (κ2) is 8.90. The molecular weight excluding hydrogens is 456 g/mol. The molecule has 0 bridgehead atoms. The van der Waals surface area contributed by atoms with Crippen molar-refractivity contribution in [1.82, 2.24) is 14.1 Å². The predicted octanol–water partition coefficient (Wildman–Crippen LogP) is 1.56. The number of pyridine rings is 1. The number of anilines is 1. The Morgan fingerprint density at radius 2 is 1.89 bits per heavy atom. The molecule has 0 saturated heterocycles. The summed E-state index contributed by atoms with van der Waals surface area (Å²) in [6.07, 6.45) is 1.84. The molecule has 182 valence electrons. The highest BCUT2D eigenvalue weighted by Gasteiger charge is 2.29. The van der Waals surface area contributed by atoms with Gasteiger partial charge in [0.25, 0.3) is 5.56 Å². The molecule has 1 aliphatic heterocycles. The molecule has 2 aliphatic rings. The van der Waals surface area contributed by atoms with Gasteiger partial charge in [-0.2, -0.15) is 0 Å². The van der Waals surface area contributed by atoms with Gasteiger partial charge >= 0.3 is 11.7 Å². The summed E-state index contributed by atoms with van der Waals surface area (Å²) in [7, 11) is 1.46. The molecule has 1 N–H and O–H groups in total. The number of esters is 1. The Labute approximate surface area is 199 Å². The van der Waals surface area contributed by atoms with Crippen molar-refractivity contribution in [2.24, 2.45) is 7.05 Å². The summed E-state index contributed by atoms with van der Waals surface area (Å²) in [4.78, 5) is 56.4. The first-order chi connectivity index (χ1) is 16.9. The second-order valence-electron chi connectivity index (χ2n) is 8.43. The maximum atomic E-state index is 13.4. The molecule has 2 aromatic heterocycles. The largest absolute Gasteiger partial charge is 0.486 e. The summed E-state index contributed by atoms with van der Waals surface area (Å²) in [5, 5.41) is 2.61. The van der Waals surface area contributed by atoms with Crippen LogP contribution in [0.4, 0.5) is 5.69 Å². The Bertz CT molecular complexity index is 1470. The van der Waals surface area contributed by atoms with Crippen molar-refractivity contribution >= 4 is 28.6 Å². The molecule has 3 aromatic rings. The summed E-state index contributed by atoms with van der Waals surface area (Å²) in [6, 6.07) is 6.47. The van der Waals surface area contributed by atoms with Crippen LogP contribution >= 0.6 is 0 Å². The van der Waals surface area contributed by atoms with Gasteiger partial charge in [0.2, 0.25) is 5.91 Å². The summed E-state index contributed by atoms with van der Waals surface area (Å²) in [5.41, 5.74) is -0.290. The number of hydrogen-bond acceptors (Lipinski definition) is 8. The standard InChI is InChI=1S/C24H24N4O7/c1-3-33-23(31)15-11-16(13-4-5-13)26-21-20(15)22(30)28(24(32)27(21)2)12-19(29)25-14-6-7-17-18(10-14)35-9-8-34-17/h6-7,10-11,13H,3-5,8-9,12H2,1-2H3,(H,25,29). The Balaban J connectivity index is 1.52.